The van der Waals surface area contributed by atoms with Gasteiger partial charge in [0, 0.05) is 11.3 Å². The van der Waals surface area contributed by atoms with Crippen molar-refractivity contribution in [3.05, 3.63) is 51.7 Å². The lowest BCUT2D eigenvalue weighted by molar-refractivity contribution is -0.139. The lowest BCUT2D eigenvalue weighted by Crippen LogP contribution is -2.41. The van der Waals surface area contributed by atoms with Crippen LogP contribution in [0.15, 0.2) is 35.7 Å². The summed E-state index contributed by atoms with van der Waals surface area (Å²) in [6, 6.07) is 7.45. The quantitative estimate of drug-likeness (QED) is 0.691. The summed E-state index contributed by atoms with van der Waals surface area (Å²) in [7, 11) is 0. The fourth-order valence-corrected chi connectivity index (χ4v) is 3.04. The first-order valence-corrected chi connectivity index (χ1v) is 9.15. The van der Waals surface area contributed by atoms with E-state index in [0.29, 0.717) is 22.5 Å². The van der Waals surface area contributed by atoms with Gasteiger partial charge in [-0.25, -0.2) is 4.79 Å². The van der Waals surface area contributed by atoms with E-state index in [9.17, 15) is 19.5 Å². The summed E-state index contributed by atoms with van der Waals surface area (Å²) in [5, 5.41) is 16.4. The molecule has 3 N–H and O–H groups in total. The van der Waals surface area contributed by atoms with E-state index in [0.717, 1.165) is 5.56 Å². The molecule has 0 fully saturated rings. The van der Waals surface area contributed by atoms with Gasteiger partial charge < -0.3 is 15.7 Å². The minimum Gasteiger partial charge on any atom is -0.480 e. The highest BCUT2D eigenvalue weighted by molar-refractivity contribution is 7.12. The summed E-state index contributed by atoms with van der Waals surface area (Å²) in [4.78, 5) is 36.6. The lowest BCUT2D eigenvalue weighted by Gasteiger charge is -2.17. The van der Waals surface area contributed by atoms with Crippen LogP contribution in [0.1, 0.15) is 45.9 Å². The molecular formula is C19H22N2O4S. The van der Waals surface area contributed by atoms with E-state index in [1.807, 2.05) is 26.2 Å². The minimum atomic E-state index is -1.06. The van der Waals surface area contributed by atoms with Crippen molar-refractivity contribution in [3.63, 3.8) is 0 Å². The van der Waals surface area contributed by atoms with Crippen molar-refractivity contribution >= 4 is 34.8 Å². The molecule has 0 spiro atoms. The standard InChI is InChI=1S/C19H22N2O4S/c1-11(2)9-15(19(24)25)21-17(22)13-7-6-12(3)14(10-13)20-18(23)16-5-4-8-26-16/h4-8,10-11,15H,9H2,1-3H3,(H,20,23)(H,21,22)(H,24,25). The van der Waals surface area contributed by atoms with E-state index in [-0.39, 0.29) is 11.8 Å². The van der Waals surface area contributed by atoms with Gasteiger partial charge in [0.15, 0.2) is 0 Å². The predicted molar refractivity (Wildman–Crippen MR) is 102 cm³/mol. The highest BCUT2D eigenvalue weighted by Crippen LogP contribution is 2.19. The molecule has 138 valence electrons. The molecule has 6 nitrogen and oxygen atoms in total. The van der Waals surface area contributed by atoms with Gasteiger partial charge in [0.1, 0.15) is 6.04 Å². The van der Waals surface area contributed by atoms with Crippen molar-refractivity contribution in [2.24, 2.45) is 5.92 Å². The van der Waals surface area contributed by atoms with Crippen molar-refractivity contribution in [3.8, 4) is 0 Å². The van der Waals surface area contributed by atoms with Gasteiger partial charge in [0.2, 0.25) is 0 Å². The molecule has 7 heteroatoms. The summed E-state index contributed by atoms with van der Waals surface area (Å²) < 4.78 is 0. The molecule has 26 heavy (non-hydrogen) atoms. The largest absolute Gasteiger partial charge is 0.480 e. The molecule has 1 atom stereocenters. The smallest absolute Gasteiger partial charge is 0.326 e. The van der Waals surface area contributed by atoms with Gasteiger partial charge >= 0.3 is 5.97 Å². The number of rotatable bonds is 7. The Bertz CT molecular complexity index is 800. The van der Waals surface area contributed by atoms with Crippen LogP contribution < -0.4 is 10.6 Å². The highest BCUT2D eigenvalue weighted by atomic mass is 32.1. The van der Waals surface area contributed by atoms with Gasteiger partial charge in [0.25, 0.3) is 11.8 Å². The average Bonchev–Trinajstić information content (AvgIpc) is 3.10. The van der Waals surface area contributed by atoms with Crippen molar-refractivity contribution in [1.82, 2.24) is 5.32 Å². The molecule has 2 rings (SSSR count). The number of thiophene rings is 1. The Balaban J connectivity index is 2.15. The zero-order chi connectivity index (χ0) is 19.3. The van der Waals surface area contributed by atoms with Crippen LogP contribution in [0.5, 0.6) is 0 Å². The third-order valence-electron chi connectivity index (χ3n) is 3.80. The Labute approximate surface area is 156 Å². The molecule has 0 saturated carbocycles. The van der Waals surface area contributed by atoms with Crippen molar-refractivity contribution < 1.29 is 19.5 Å². The van der Waals surface area contributed by atoms with E-state index in [2.05, 4.69) is 10.6 Å². The summed E-state index contributed by atoms with van der Waals surface area (Å²) in [5.41, 5.74) is 1.63. The van der Waals surface area contributed by atoms with Crippen LogP contribution >= 0.6 is 11.3 Å². The molecule has 0 aliphatic rings. The molecule has 1 unspecified atom stereocenters. The number of aryl methyl sites for hydroxylation is 1. The van der Waals surface area contributed by atoms with Crippen LogP contribution in [0.25, 0.3) is 0 Å². The topological polar surface area (TPSA) is 95.5 Å². The number of nitrogens with one attached hydrogen (secondary N) is 2. The van der Waals surface area contributed by atoms with Crippen LogP contribution in [0.2, 0.25) is 0 Å². The first kappa shape index (κ1) is 19.7. The summed E-state index contributed by atoms with van der Waals surface area (Å²) >= 11 is 1.33. The second kappa shape index (κ2) is 8.62. The molecule has 0 bridgehead atoms. The summed E-state index contributed by atoms with van der Waals surface area (Å²) in [6.45, 7) is 5.61. The number of carbonyl (C=O) groups excluding carboxylic acids is 2. The fourth-order valence-electron chi connectivity index (χ4n) is 2.42. The monoisotopic (exact) mass is 374 g/mol. The van der Waals surface area contributed by atoms with Crippen LogP contribution in [0, 0.1) is 12.8 Å². The van der Waals surface area contributed by atoms with Gasteiger partial charge in [0.05, 0.1) is 4.88 Å². The highest BCUT2D eigenvalue weighted by Gasteiger charge is 2.22. The van der Waals surface area contributed by atoms with Gasteiger partial charge in [-0.15, -0.1) is 11.3 Å². The Kier molecular flexibility index (Phi) is 6.52. The molecule has 1 heterocycles. The summed E-state index contributed by atoms with van der Waals surface area (Å²) in [6.07, 6.45) is 0.342. The number of carboxylic acids is 1. The molecule has 2 amide bonds. The molecule has 0 saturated heterocycles. The van der Waals surface area contributed by atoms with Gasteiger partial charge in [-0.05, 0) is 48.4 Å². The third kappa shape index (κ3) is 5.16. The number of carboxylic acid groups (broad SMARTS) is 1. The van der Waals surface area contributed by atoms with Gasteiger partial charge in [-0.1, -0.05) is 26.0 Å². The minimum absolute atomic E-state index is 0.134. The van der Waals surface area contributed by atoms with Crippen LogP contribution in [-0.4, -0.2) is 28.9 Å². The summed E-state index contributed by atoms with van der Waals surface area (Å²) in [5.74, 6) is -1.66. The molecule has 1 aromatic carbocycles. The number of carbonyl (C=O) groups is 3. The number of benzene rings is 1. The van der Waals surface area contributed by atoms with E-state index < -0.39 is 17.9 Å². The van der Waals surface area contributed by atoms with Gasteiger partial charge in [-0.2, -0.15) is 0 Å². The van der Waals surface area contributed by atoms with E-state index in [1.54, 1.807) is 30.3 Å². The number of amides is 2. The molecule has 0 radical (unpaired) electrons. The Morgan fingerprint density at radius 2 is 1.88 bits per heavy atom. The molecular weight excluding hydrogens is 352 g/mol. The lowest BCUT2D eigenvalue weighted by atomic mass is 10.0. The number of hydrogen-bond donors (Lipinski definition) is 3. The van der Waals surface area contributed by atoms with Crippen molar-refractivity contribution in [1.29, 1.82) is 0 Å². The van der Waals surface area contributed by atoms with Crippen molar-refractivity contribution in [2.45, 2.75) is 33.2 Å². The second-order valence-corrected chi connectivity index (χ2v) is 7.40. The molecule has 1 aromatic heterocycles. The van der Waals surface area contributed by atoms with Crippen molar-refractivity contribution in [2.75, 3.05) is 5.32 Å². The maximum absolute atomic E-state index is 12.4. The Morgan fingerprint density at radius 3 is 2.46 bits per heavy atom. The SMILES string of the molecule is Cc1ccc(C(=O)NC(CC(C)C)C(=O)O)cc1NC(=O)c1cccs1. The zero-order valence-corrected chi connectivity index (χ0v) is 15.7. The Hall–Kier alpha value is -2.67. The van der Waals surface area contributed by atoms with E-state index in [1.165, 1.54) is 11.3 Å². The molecule has 2 aromatic rings. The maximum Gasteiger partial charge on any atom is 0.326 e. The normalized spacial score (nSPS) is 11.8. The van der Waals surface area contributed by atoms with E-state index in [4.69, 9.17) is 0 Å². The number of aliphatic carboxylic acids is 1. The first-order chi connectivity index (χ1) is 12.3. The predicted octanol–water partition coefficient (Wildman–Crippen LogP) is 3.54. The average molecular weight is 374 g/mol. The van der Waals surface area contributed by atoms with Crippen LogP contribution in [0.4, 0.5) is 5.69 Å². The van der Waals surface area contributed by atoms with E-state index >= 15 is 0 Å². The fraction of sp³-hybridized carbons (Fsp3) is 0.316. The molecule has 0 aliphatic heterocycles. The number of anilines is 1. The third-order valence-corrected chi connectivity index (χ3v) is 4.67. The van der Waals surface area contributed by atoms with Crippen LogP contribution in [0.3, 0.4) is 0 Å². The Morgan fingerprint density at radius 1 is 1.15 bits per heavy atom. The second-order valence-electron chi connectivity index (χ2n) is 6.45. The zero-order valence-electron chi connectivity index (χ0n) is 14.9. The van der Waals surface area contributed by atoms with Gasteiger partial charge in [-0.3, -0.25) is 9.59 Å². The first-order valence-electron chi connectivity index (χ1n) is 8.27. The number of hydrogen-bond acceptors (Lipinski definition) is 4. The molecule has 0 aliphatic carbocycles. The maximum atomic E-state index is 12.4. The van der Waals surface area contributed by atoms with Crippen LogP contribution in [-0.2, 0) is 4.79 Å².